The zero-order chi connectivity index (χ0) is 9.60. The smallest absolute Gasteiger partial charge is 0.223 e. The van der Waals surface area contributed by atoms with Crippen molar-refractivity contribution in [1.29, 1.82) is 0 Å². The lowest BCUT2D eigenvalue weighted by Crippen LogP contribution is -2.59. The van der Waals surface area contributed by atoms with Crippen LogP contribution in [0.25, 0.3) is 0 Å². The first-order valence-corrected chi connectivity index (χ1v) is 5.82. The van der Waals surface area contributed by atoms with Gasteiger partial charge in [0.1, 0.15) is 0 Å². The molecule has 2 aliphatic heterocycles. The molecule has 1 fully saturated rings. The van der Waals surface area contributed by atoms with E-state index in [1.165, 1.54) is 10.5 Å². The van der Waals surface area contributed by atoms with Gasteiger partial charge in [0.15, 0.2) is 0 Å². The van der Waals surface area contributed by atoms with Crippen LogP contribution in [0.15, 0.2) is 29.2 Å². The van der Waals surface area contributed by atoms with Gasteiger partial charge in [0.2, 0.25) is 5.91 Å². The molecule has 1 aromatic rings. The molecule has 0 saturated carbocycles. The molecule has 1 atom stereocenters. The number of rotatable bonds is 0. The second kappa shape index (κ2) is 2.76. The summed E-state index contributed by atoms with van der Waals surface area (Å²) in [5.74, 6) is 1.30. The predicted octanol–water partition coefficient (Wildman–Crippen LogP) is 1.90. The maximum atomic E-state index is 11.1. The summed E-state index contributed by atoms with van der Waals surface area (Å²) in [6, 6.07) is 8.40. The van der Waals surface area contributed by atoms with Gasteiger partial charge in [-0.2, -0.15) is 0 Å². The Labute approximate surface area is 87.1 Å². The number of β-lactam (4-membered cyclic amide) rings is 1. The minimum Gasteiger partial charge on any atom is -0.346 e. The van der Waals surface area contributed by atoms with Gasteiger partial charge in [0, 0.05) is 10.6 Å². The van der Waals surface area contributed by atoms with Crippen LogP contribution in [-0.4, -0.2) is 11.7 Å². The van der Waals surface area contributed by atoms with Crippen LogP contribution >= 0.6 is 11.8 Å². The zero-order valence-corrected chi connectivity index (χ0v) is 8.56. The van der Waals surface area contributed by atoms with Crippen molar-refractivity contribution >= 4 is 17.7 Å². The first-order valence-electron chi connectivity index (χ1n) is 4.83. The molecule has 1 N–H and O–H groups in total. The number of nitrogens with one attached hydrogen (secondary N) is 1. The molecule has 0 aromatic heterocycles. The number of carbonyl (C=O) groups is 1. The van der Waals surface area contributed by atoms with Crippen LogP contribution in [0, 0.1) is 0 Å². The molecule has 3 rings (SSSR count). The molecule has 0 radical (unpaired) electrons. The van der Waals surface area contributed by atoms with Crippen LogP contribution in [-0.2, 0) is 10.3 Å². The van der Waals surface area contributed by atoms with Crippen LogP contribution < -0.4 is 5.32 Å². The molecule has 2 aliphatic rings. The minimum absolute atomic E-state index is 0.0150. The normalized spacial score (nSPS) is 29.3. The number of fused-ring (bicyclic) bond motifs is 2. The van der Waals surface area contributed by atoms with Gasteiger partial charge in [-0.1, -0.05) is 18.2 Å². The van der Waals surface area contributed by atoms with E-state index in [0.717, 1.165) is 12.2 Å². The van der Waals surface area contributed by atoms with Gasteiger partial charge in [0.25, 0.3) is 0 Å². The predicted molar refractivity (Wildman–Crippen MR) is 56.2 cm³/mol. The van der Waals surface area contributed by atoms with Crippen LogP contribution in [0.2, 0.25) is 0 Å². The van der Waals surface area contributed by atoms with Crippen molar-refractivity contribution in [3.63, 3.8) is 0 Å². The number of thioether (sulfide) groups is 1. The van der Waals surface area contributed by atoms with Crippen molar-refractivity contribution in [2.75, 3.05) is 5.75 Å². The quantitative estimate of drug-likeness (QED) is 0.655. The van der Waals surface area contributed by atoms with Gasteiger partial charge >= 0.3 is 0 Å². The van der Waals surface area contributed by atoms with E-state index in [1.54, 1.807) is 0 Å². The Morgan fingerprint density at radius 1 is 1.36 bits per heavy atom. The Kier molecular flexibility index (Phi) is 1.65. The molecular weight excluding hydrogens is 194 g/mol. The van der Waals surface area contributed by atoms with Crippen LogP contribution in [0.1, 0.15) is 18.4 Å². The van der Waals surface area contributed by atoms with E-state index in [0.29, 0.717) is 6.42 Å². The first kappa shape index (κ1) is 8.36. The molecule has 1 amide bonds. The molecule has 3 heteroatoms. The average molecular weight is 205 g/mol. The molecule has 1 unspecified atom stereocenters. The molecule has 0 aliphatic carbocycles. The second-order valence-corrected chi connectivity index (χ2v) is 5.04. The van der Waals surface area contributed by atoms with Crippen LogP contribution in [0.3, 0.4) is 0 Å². The molecule has 72 valence electrons. The van der Waals surface area contributed by atoms with Crippen molar-refractivity contribution in [3.05, 3.63) is 29.8 Å². The van der Waals surface area contributed by atoms with Crippen LogP contribution in [0.5, 0.6) is 0 Å². The lowest BCUT2D eigenvalue weighted by atomic mass is 9.78. The van der Waals surface area contributed by atoms with Gasteiger partial charge in [-0.3, -0.25) is 4.79 Å². The molecule has 1 aromatic carbocycles. The third kappa shape index (κ3) is 1.02. The molecule has 2 nitrogen and oxygen atoms in total. The number of amides is 1. The number of hydrogen-bond acceptors (Lipinski definition) is 2. The Balaban J connectivity index is 2.07. The fourth-order valence-corrected chi connectivity index (χ4v) is 3.56. The molecule has 1 saturated heterocycles. The maximum absolute atomic E-state index is 11.1. The number of hydrogen-bond donors (Lipinski definition) is 1. The monoisotopic (exact) mass is 205 g/mol. The Hall–Kier alpha value is -0.960. The van der Waals surface area contributed by atoms with E-state index in [4.69, 9.17) is 0 Å². The largest absolute Gasteiger partial charge is 0.346 e. The summed E-state index contributed by atoms with van der Waals surface area (Å²) >= 11 is 1.89. The highest BCUT2D eigenvalue weighted by Gasteiger charge is 2.46. The second-order valence-electron chi connectivity index (χ2n) is 3.90. The van der Waals surface area contributed by atoms with E-state index < -0.39 is 0 Å². The topological polar surface area (TPSA) is 29.1 Å². The number of benzene rings is 1. The van der Waals surface area contributed by atoms with Crippen molar-refractivity contribution < 1.29 is 4.79 Å². The molecule has 0 bridgehead atoms. The van der Waals surface area contributed by atoms with Crippen LogP contribution in [0.4, 0.5) is 0 Å². The number of carbonyl (C=O) groups excluding carboxylic acids is 1. The van der Waals surface area contributed by atoms with E-state index in [2.05, 4.69) is 29.6 Å². The molecule has 1 spiro atoms. The summed E-state index contributed by atoms with van der Waals surface area (Å²) in [4.78, 5) is 12.4. The SMILES string of the molecule is O=C1CC2(CCSc3ccccc32)N1. The standard InChI is InChI=1S/C11H11NOS/c13-10-7-11(12-10)5-6-14-9-4-2-1-3-8(9)11/h1-4H,5-7H2,(H,12,13). The lowest BCUT2D eigenvalue weighted by Gasteiger charge is -2.45. The van der Waals surface area contributed by atoms with Gasteiger partial charge in [0.05, 0.1) is 12.0 Å². The van der Waals surface area contributed by atoms with Gasteiger partial charge < -0.3 is 5.32 Å². The molecule has 2 heterocycles. The maximum Gasteiger partial charge on any atom is 0.223 e. The van der Waals surface area contributed by atoms with Crippen molar-refractivity contribution in [2.24, 2.45) is 0 Å². The highest BCUT2D eigenvalue weighted by molar-refractivity contribution is 7.99. The average Bonchev–Trinajstić information content (AvgIpc) is 2.16. The summed E-state index contributed by atoms with van der Waals surface area (Å²) in [6.07, 6.45) is 1.74. The van der Waals surface area contributed by atoms with E-state index in [1.807, 2.05) is 11.8 Å². The van der Waals surface area contributed by atoms with E-state index in [9.17, 15) is 4.79 Å². The fourth-order valence-electron chi connectivity index (χ4n) is 2.29. The highest BCUT2D eigenvalue weighted by Crippen LogP contribution is 2.45. The highest BCUT2D eigenvalue weighted by atomic mass is 32.2. The third-order valence-electron chi connectivity index (χ3n) is 3.03. The Morgan fingerprint density at radius 3 is 2.93 bits per heavy atom. The molecular formula is C11H11NOS. The van der Waals surface area contributed by atoms with Crippen molar-refractivity contribution in [2.45, 2.75) is 23.3 Å². The Morgan fingerprint density at radius 2 is 2.14 bits per heavy atom. The van der Waals surface area contributed by atoms with E-state index in [-0.39, 0.29) is 11.4 Å². The van der Waals surface area contributed by atoms with Gasteiger partial charge in [-0.25, -0.2) is 0 Å². The van der Waals surface area contributed by atoms with Crippen molar-refractivity contribution in [1.82, 2.24) is 5.32 Å². The summed E-state index contributed by atoms with van der Waals surface area (Å²) in [6.45, 7) is 0. The summed E-state index contributed by atoms with van der Waals surface area (Å²) in [5, 5.41) is 3.06. The summed E-state index contributed by atoms with van der Waals surface area (Å²) in [7, 11) is 0. The van der Waals surface area contributed by atoms with Gasteiger partial charge in [-0.05, 0) is 18.1 Å². The lowest BCUT2D eigenvalue weighted by molar-refractivity contribution is -0.133. The molecule has 14 heavy (non-hydrogen) atoms. The van der Waals surface area contributed by atoms with E-state index >= 15 is 0 Å². The fraction of sp³-hybridized carbons (Fsp3) is 0.364. The van der Waals surface area contributed by atoms with Gasteiger partial charge in [-0.15, -0.1) is 11.8 Å². The Bertz CT molecular complexity index is 394. The minimum atomic E-state index is -0.0150. The third-order valence-corrected chi connectivity index (χ3v) is 4.11. The van der Waals surface area contributed by atoms with Crippen molar-refractivity contribution in [3.8, 4) is 0 Å². The zero-order valence-electron chi connectivity index (χ0n) is 7.75. The first-order chi connectivity index (χ1) is 6.80. The summed E-state index contributed by atoms with van der Waals surface area (Å²) in [5.41, 5.74) is 1.30. The summed E-state index contributed by atoms with van der Waals surface area (Å²) < 4.78 is 0.